The molecule has 0 radical (unpaired) electrons. The van der Waals surface area contributed by atoms with E-state index in [9.17, 15) is 0 Å². The Bertz CT molecular complexity index is 552. The molecule has 0 aliphatic carbocycles. The fourth-order valence-corrected chi connectivity index (χ4v) is 2.34. The molecule has 18 heavy (non-hydrogen) atoms. The zero-order valence-corrected chi connectivity index (χ0v) is 12.2. The number of aromatic nitrogens is 2. The van der Waals surface area contributed by atoms with Crippen molar-refractivity contribution in [3.05, 3.63) is 29.0 Å². The van der Waals surface area contributed by atoms with Crippen LogP contribution in [0.3, 0.4) is 0 Å². The predicted octanol–water partition coefficient (Wildman–Crippen LogP) is 3.35. The minimum Gasteiger partial charge on any atom is -0.493 e. The molecule has 0 spiro atoms. The van der Waals surface area contributed by atoms with Crippen LogP contribution in [-0.4, -0.2) is 23.8 Å². The Hall–Kier alpha value is -1.49. The second-order valence-corrected chi connectivity index (χ2v) is 4.64. The van der Waals surface area contributed by atoms with Crippen molar-refractivity contribution in [1.82, 2.24) is 9.55 Å². The molecule has 0 aliphatic heterocycles. The lowest BCUT2D eigenvalue weighted by Crippen LogP contribution is -2.00. The third-order valence-electron chi connectivity index (χ3n) is 2.74. The summed E-state index contributed by atoms with van der Waals surface area (Å²) in [6, 6.07) is 3.86. The molecule has 0 N–H and O–H groups in total. The Morgan fingerprint density at radius 3 is 2.67 bits per heavy atom. The maximum absolute atomic E-state index is 5.45. The molecule has 1 aromatic heterocycles. The molecule has 2 aromatic rings. The zero-order chi connectivity index (χ0) is 13.1. The first-order valence-corrected chi connectivity index (χ1v) is 6.43. The molecule has 4 nitrogen and oxygen atoms in total. The van der Waals surface area contributed by atoms with Crippen LogP contribution < -0.4 is 9.47 Å². The third kappa shape index (κ3) is 2.22. The van der Waals surface area contributed by atoms with Crippen molar-refractivity contribution < 1.29 is 9.47 Å². The van der Waals surface area contributed by atoms with Crippen LogP contribution in [0.4, 0.5) is 0 Å². The van der Waals surface area contributed by atoms with E-state index in [-0.39, 0.29) is 0 Å². The smallest absolute Gasteiger partial charge is 0.171 e. The largest absolute Gasteiger partial charge is 0.493 e. The van der Waals surface area contributed by atoms with E-state index in [1.54, 1.807) is 20.4 Å². The first-order chi connectivity index (χ1) is 8.71. The number of methoxy groups -OCH3 is 2. The summed E-state index contributed by atoms with van der Waals surface area (Å²) in [5, 5.41) is 0. The van der Waals surface area contributed by atoms with Crippen molar-refractivity contribution in [2.45, 2.75) is 13.5 Å². The van der Waals surface area contributed by atoms with Gasteiger partial charge in [-0.25, -0.2) is 4.98 Å². The molecule has 0 amide bonds. The normalized spacial score (nSPS) is 10.4. The molecule has 5 heteroatoms. The number of aryl methyl sites for hydroxylation is 1. The number of halogens is 1. The Balaban J connectivity index is 2.66. The van der Waals surface area contributed by atoms with Crippen LogP contribution in [0.25, 0.3) is 11.4 Å². The monoisotopic (exact) mass is 310 g/mol. The van der Waals surface area contributed by atoms with Gasteiger partial charge in [0, 0.05) is 23.4 Å². The van der Waals surface area contributed by atoms with E-state index in [1.807, 2.05) is 18.3 Å². The van der Waals surface area contributed by atoms with Crippen LogP contribution in [-0.2, 0) is 6.54 Å². The number of nitrogens with zero attached hydrogens (tertiary/aromatic N) is 2. The molecule has 1 aromatic carbocycles. The molecule has 0 fully saturated rings. The van der Waals surface area contributed by atoms with Crippen molar-refractivity contribution in [2.24, 2.45) is 0 Å². The number of hydrogen-bond acceptors (Lipinski definition) is 3. The number of hydrogen-bond donors (Lipinski definition) is 0. The van der Waals surface area contributed by atoms with Gasteiger partial charge < -0.3 is 14.0 Å². The van der Waals surface area contributed by atoms with Gasteiger partial charge in [-0.3, -0.25) is 0 Å². The van der Waals surface area contributed by atoms with Gasteiger partial charge in [-0.2, -0.15) is 0 Å². The number of imidazole rings is 1. The maximum Gasteiger partial charge on any atom is 0.171 e. The van der Waals surface area contributed by atoms with Crippen LogP contribution in [0.2, 0.25) is 0 Å². The quantitative estimate of drug-likeness (QED) is 0.869. The molecule has 1 heterocycles. The molecule has 0 unspecified atom stereocenters. The molecule has 0 atom stereocenters. The Morgan fingerprint density at radius 1 is 1.28 bits per heavy atom. The fraction of sp³-hybridized carbons (Fsp3) is 0.308. The molecular weight excluding hydrogens is 296 g/mol. The van der Waals surface area contributed by atoms with Gasteiger partial charge in [-0.05, 0) is 19.1 Å². The van der Waals surface area contributed by atoms with E-state index < -0.39 is 0 Å². The first-order valence-electron chi connectivity index (χ1n) is 5.64. The van der Waals surface area contributed by atoms with Crippen molar-refractivity contribution in [3.8, 4) is 22.9 Å². The SMILES string of the molecule is CCn1ccnc1-c1cc(Br)cc(OC)c1OC. The lowest BCUT2D eigenvalue weighted by molar-refractivity contribution is 0.355. The Kier molecular flexibility index (Phi) is 3.91. The van der Waals surface area contributed by atoms with Crippen molar-refractivity contribution in [1.29, 1.82) is 0 Å². The third-order valence-corrected chi connectivity index (χ3v) is 3.20. The topological polar surface area (TPSA) is 36.3 Å². The van der Waals surface area contributed by atoms with Gasteiger partial charge in [0.1, 0.15) is 5.82 Å². The zero-order valence-electron chi connectivity index (χ0n) is 10.6. The summed E-state index contributed by atoms with van der Waals surface area (Å²) in [5.41, 5.74) is 0.913. The summed E-state index contributed by atoms with van der Waals surface area (Å²) < 4.78 is 13.8. The number of rotatable bonds is 4. The highest BCUT2D eigenvalue weighted by Gasteiger charge is 2.16. The summed E-state index contributed by atoms with van der Waals surface area (Å²) >= 11 is 3.48. The summed E-state index contributed by atoms with van der Waals surface area (Å²) in [6.45, 7) is 2.93. The number of ether oxygens (including phenoxy) is 2. The molecule has 0 saturated carbocycles. The van der Waals surface area contributed by atoms with Crippen molar-refractivity contribution >= 4 is 15.9 Å². The second kappa shape index (κ2) is 5.44. The standard InChI is InChI=1S/C13H15BrN2O2/c1-4-16-6-5-15-13(16)10-7-9(14)8-11(17-2)12(10)18-3/h5-8H,4H2,1-3H3. The van der Waals surface area contributed by atoms with Crippen LogP contribution in [0, 0.1) is 0 Å². The fourth-order valence-electron chi connectivity index (χ4n) is 1.91. The average molecular weight is 311 g/mol. The highest BCUT2D eigenvalue weighted by molar-refractivity contribution is 9.10. The summed E-state index contributed by atoms with van der Waals surface area (Å²) in [4.78, 5) is 4.39. The van der Waals surface area contributed by atoms with Crippen LogP contribution in [0.1, 0.15) is 6.92 Å². The molecular formula is C13H15BrN2O2. The molecule has 96 valence electrons. The number of benzene rings is 1. The van der Waals surface area contributed by atoms with E-state index in [0.717, 1.165) is 22.4 Å². The van der Waals surface area contributed by atoms with E-state index in [0.29, 0.717) is 11.5 Å². The highest BCUT2D eigenvalue weighted by atomic mass is 79.9. The minimum absolute atomic E-state index is 0.688. The van der Waals surface area contributed by atoms with Crippen molar-refractivity contribution in [3.63, 3.8) is 0 Å². The Labute approximate surface area is 115 Å². The lowest BCUT2D eigenvalue weighted by atomic mass is 10.1. The van der Waals surface area contributed by atoms with E-state index in [2.05, 4.69) is 32.4 Å². The van der Waals surface area contributed by atoms with E-state index >= 15 is 0 Å². The van der Waals surface area contributed by atoms with Gasteiger partial charge in [-0.15, -0.1) is 0 Å². The van der Waals surface area contributed by atoms with Gasteiger partial charge in [0.15, 0.2) is 11.5 Å². The summed E-state index contributed by atoms with van der Waals surface area (Å²) in [5.74, 6) is 2.25. The van der Waals surface area contributed by atoms with E-state index in [4.69, 9.17) is 9.47 Å². The average Bonchev–Trinajstić information content (AvgIpc) is 2.85. The molecule has 2 rings (SSSR count). The Morgan fingerprint density at radius 2 is 2.06 bits per heavy atom. The van der Waals surface area contributed by atoms with Gasteiger partial charge in [-0.1, -0.05) is 15.9 Å². The van der Waals surface area contributed by atoms with Gasteiger partial charge in [0.25, 0.3) is 0 Å². The highest BCUT2D eigenvalue weighted by Crippen LogP contribution is 2.39. The summed E-state index contributed by atoms with van der Waals surface area (Å²) in [6.07, 6.45) is 3.73. The van der Waals surface area contributed by atoms with Gasteiger partial charge in [0.2, 0.25) is 0 Å². The van der Waals surface area contributed by atoms with Gasteiger partial charge >= 0.3 is 0 Å². The second-order valence-electron chi connectivity index (χ2n) is 3.73. The van der Waals surface area contributed by atoms with Crippen molar-refractivity contribution in [2.75, 3.05) is 14.2 Å². The first kappa shape index (κ1) is 13.0. The molecule has 0 bridgehead atoms. The van der Waals surface area contributed by atoms with Crippen LogP contribution >= 0.6 is 15.9 Å². The van der Waals surface area contributed by atoms with Crippen LogP contribution in [0.5, 0.6) is 11.5 Å². The van der Waals surface area contributed by atoms with Crippen LogP contribution in [0.15, 0.2) is 29.0 Å². The molecule has 0 saturated heterocycles. The lowest BCUT2D eigenvalue weighted by Gasteiger charge is -2.14. The van der Waals surface area contributed by atoms with E-state index in [1.165, 1.54) is 0 Å². The minimum atomic E-state index is 0.688. The maximum atomic E-state index is 5.45. The predicted molar refractivity (Wildman–Crippen MR) is 74.1 cm³/mol. The van der Waals surface area contributed by atoms with Gasteiger partial charge in [0.05, 0.1) is 19.8 Å². The molecule has 0 aliphatic rings. The summed E-state index contributed by atoms with van der Waals surface area (Å²) in [7, 11) is 3.26.